The van der Waals surface area contributed by atoms with Crippen molar-refractivity contribution >= 4 is 23.2 Å². The third-order valence-corrected chi connectivity index (χ3v) is 3.16. The fourth-order valence-corrected chi connectivity index (χ4v) is 2.40. The van der Waals surface area contributed by atoms with Crippen molar-refractivity contribution in [2.45, 2.75) is 32.7 Å². The van der Waals surface area contributed by atoms with Crippen LogP contribution in [0, 0.1) is 0 Å². The Hall–Kier alpha value is -0.440. The standard InChI is InChI=1S/C13H19Cl2NO/c1-3-4-5-6-16-9-10-7-11(14)8-12(15)13(10)17-2/h7-8,16H,3-6,9H2,1-2H3/p+1. The summed E-state index contributed by atoms with van der Waals surface area (Å²) in [5.74, 6) is 0.739. The number of quaternary nitrogens is 1. The Bertz CT molecular complexity index is 356. The molecule has 0 amide bonds. The van der Waals surface area contributed by atoms with Crippen molar-refractivity contribution in [2.24, 2.45) is 0 Å². The van der Waals surface area contributed by atoms with Gasteiger partial charge in [0.1, 0.15) is 12.3 Å². The van der Waals surface area contributed by atoms with Crippen molar-refractivity contribution in [3.8, 4) is 5.75 Å². The third-order valence-electron chi connectivity index (χ3n) is 2.67. The summed E-state index contributed by atoms with van der Waals surface area (Å²) in [6.07, 6.45) is 3.78. The summed E-state index contributed by atoms with van der Waals surface area (Å²) in [7, 11) is 1.63. The maximum atomic E-state index is 6.07. The number of hydrogen-bond acceptors (Lipinski definition) is 1. The van der Waals surface area contributed by atoms with Crippen molar-refractivity contribution in [1.82, 2.24) is 0 Å². The lowest BCUT2D eigenvalue weighted by Gasteiger charge is -2.10. The molecule has 17 heavy (non-hydrogen) atoms. The Labute approximate surface area is 113 Å². The van der Waals surface area contributed by atoms with Gasteiger partial charge in [-0.15, -0.1) is 0 Å². The number of unbranched alkanes of at least 4 members (excludes halogenated alkanes) is 2. The second-order valence-corrected chi connectivity index (χ2v) is 4.91. The first-order chi connectivity index (χ1) is 8.19. The SMILES string of the molecule is CCCCC[NH2+]Cc1cc(Cl)cc(Cl)c1OC. The van der Waals surface area contributed by atoms with Crippen molar-refractivity contribution in [3.63, 3.8) is 0 Å². The van der Waals surface area contributed by atoms with Crippen LogP contribution in [0.1, 0.15) is 31.7 Å². The Balaban J connectivity index is 2.57. The normalized spacial score (nSPS) is 10.6. The first kappa shape index (κ1) is 14.6. The monoisotopic (exact) mass is 276 g/mol. The molecule has 1 aromatic carbocycles. The van der Waals surface area contributed by atoms with E-state index in [-0.39, 0.29) is 0 Å². The Kier molecular flexibility index (Phi) is 6.71. The number of nitrogens with two attached hydrogens (primary N) is 1. The molecule has 0 saturated heterocycles. The van der Waals surface area contributed by atoms with Gasteiger partial charge in [-0.05, 0) is 25.0 Å². The smallest absolute Gasteiger partial charge is 0.146 e. The lowest BCUT2D eigenvalue weighted by Crippen LogP contribution is -2.82. The molecule has 0 saturated carbocycles. The fourth-order valence-electron chi connectivity index (χ4n) is 1.79. The molecule has 0 atom stereocenters. The van der Waals surface area contributed by atoms with Crippen molar-refractivity contribution in [3.05, 3.63) is 27.7 Å². The van der Waals surface area contributed by atoms with Gasteiger partial charge >= 0.3 is 0 Å². The van der Waals surface area contributed by atoms with Crippen LogP contribution in [-0.2, 0) is 6.54 Å². The molecule has 0 fully saturated rings. The first-order valence-corrected chi connectivity index (χ1v) is 6.78. The Morgan fingerprint density at radius 3 is 2.65 bits per heavy atom. The van der Waals surface area contributed by atoms with Crippen LogP contribution in [0.3, 0.4) is 0 Å². The van der Waals surface area contributed by atoms with Crippen LogP contribution in [0.25, 0.3) is 0 Å². The number of hydrogen-bond donors (Lipinski definition) is 1. The third kappa shape index (κ3) is 4.74. The highest BCUT2D eigenvalue weighted by molar-refractivity contribution is 6.35. The van der Waals surface area contributed by atoms with Gasteiger partial charge in [-0.25, -0.2) is 0 Å². The zero-order chi connectivity index (χ0) is 12.7. The van der Waals surface area contributed by atoms with E-state index in [2.05, 4.69) is 12.2 Å². The summed E-state index contributed by atoms with van der Waals surface area (Å²) in [6, 6.07) is 3.63. The van der Waals surface area contributed by atoms with Gasteiger partial charge in [-0.3, -0.25) is 0 Å². The molecule has 2 N–H and O–H groups in total. The minimum atomic E-state index is 0.581. The molecule has 0 aliphatic rings. The van der Waals surface area contributed by atoms with Crippen molar-refractivity contribution in [2.75, 3.05) is 13.7 Å². The zero-order valence-electron chi connectivity index (χ0n) is 10.4. The molecule has 2 nitrogen and oxygen atoms in total. The van der Waals surface area contributed by atoms with E-state index in [1.54, 1.807) is 13.2 Å². The second-order valence-electron chi connectivity index (χ2n) is 4.07. The molecule has 0 bridgehead atoms. The van der Waals surface area contributed by atoms with E-state index in [1.807, 2.05) is 6.07 Å². The van der Waals surface area contributed by atoms with Crippen LogP contribution in [0.2, 0.25) is 10.0 Å². The number of rotatable bonds is 7. The fraction of sp³-hybridized carbons (Fsp3) is 0.538. The topological polar surface area (TPSA) is 25.8 Å². The minimum absolute atomic E-state index is 0.581. The maximum absolute atomic E-state index is 6.07. The molecule has 0 spiro atoms. The van der Waals surface area contributed by atoms with Gasteiger partial charge in [0.25, 0.3) is 0 Å². The summed E-state index contributed by atoms with van der Waals surface area (Å²) in [4.78, 5) is 0. The van der Waals surface area contributed by atoms with Crippen molar-refractivity contribution in [1.29, 1.82) is 0 Å². The molecule has 0 radical (unpaired) electrons. The highest BCUT2D eigenvalue weighted by atomic mass is 35.5. The summed E-state index contributed by atoms with van der Waals surface area (Å²) in [5.41, 5.74) is 1.06. The number of halogens is 2. The number of ether oxygens (including phenoxy) is 1. The number of methoxy groups -OCH3 is 1. The van der Waals surface area contributed by atoms with Crippen LogP contribution >= 0.6 is 23.2 Å². The van der Waals surface area contributed by atoms with E-state index in [0.29, 0.717) is 10.0 Å². The van der Waals surface area contributed by atoms with Gasteiger partial charge < -0.3 is 10.1 Å². The van der Waals surface area contributed by atoms with E-state index in [0.717, 1.165) is 24.4 Å². The molecular weight excluding hydrogens is 257 g/mol. The summed E-state index contributed by atoms with van der Waals surface area (Å²) in [5, 5.41) is 3.50. The van der Waals surface area contributed by atoms with Crippen LogP contribution in [-0.4, -0.2) is 13.7 Å². The Morgan fingerprint density at radius 1 is 1.24 bits per heavy atom. The summed E-state index contributed by atoms with van der Waals surface area (Å²) >= 11 is 12.1. The van der Waals surface area contributed by atoms with E-state index in [9.17, 15) is 0 Å². The summed E-state index contributed by atoms with van der Waals surface area (Å²) in [6.45, 7) is 4.19. The van der Waals surface area contributed by atoms with Gasteiger partial charge in [0.2, 0.25) is 0 Å². The molecule has 0 heterocycles. The Morgan fingerprint density at radius 2 is 2.00 bits per heavy atom. The van der Waals surface area contributed by atoms with Crippen LogP contribution in [0.15, 0.2) is 12.1 Å². The molecule has 0 aliphatic carbocycles. The molecule has 0 aliphatic heterocycles. The molecule has 1 aromatic rings. The average molecular weight is 277 g/mol. The molecular formula is C13H20Cl2NO+. The van der Waals surface area contributed by atoms with Crippen LogP contribution < -0.4 is 10.1 Å². The van der Waals surface area contributed by atoms with Gasteiger partial charge in [-0.2, -0.15) is 0 Å². The zero-order valence-corrected chi connectivity index (χ0v) is 11.9. The first-order valence-electron chi connectivity index (χ1n) is 6.02. The van der Waals surface area contributed by atoms with Gasteiger partial charge in [0.05, 0.1) is 24.2 Å². The minimum Gasteiger partial charge on any atom is -0.495 e. The van der Waals surface area contributed by atoms with Crippen LogP contribution in [0.4, 0.5) is 0 Å². The molecule has 4 heteroatoms. The van der Waals surface area contributed by atoms with Gasteiger partial charge in [0.15, 0.2) is 0 Å². The largest absolute Gasteiger partial charge is 0.495 e. The molecule has 0 aromatic heterocycles. The lowest BCUT2D eigenvalue weighted by atomic mass is 10.2. The maximum Gasteiger partial charge on any atom is 0.146 e. The van der Waals surface area contributed by atoms with Crippen molar-refractivity contribution < 1.29 is 10.1 Å². The highest BCUT2D eigenvalue weighted by Crippen LogP contribution is 2.31. The summed E-state index contributed by atoms with van der Waals surface area (Å²) < 4.78 is 5.30. The van der Waals surface area contributed by atoms with Crippen LogP contribution in [0.5, 0.6) is 5.75 Å². The second kappa shape index (κ2) is 7.80. The molecule has 96 valence electrons. The lowest BCUT2D eigenvalue weighted by molar-refractivity contribution is -0.671. The predicted molar refractivity (Wildman–Crippen MR) is 73.0 cm³/mol. The quantitative estimate of drug-likeness (QED) is 0.761. The molecule has 0 unspecified atom stereocenters. The van der Waals surface area contributed by atoms with E-state index < -0.39 is 0 Å². The highest BCUT2D eigenvalue weighted by Gasteiger charge is 2.10. The van der Waals surface area contributed by atoms with Gasteiger partial charge in [0, 0.05) is 5.02 Å². The van der Waals surface area contributed by atoms with E-state index in [1.165, 1.54) is 19.3 Å². The average Bonchev–Trinajstić information content (AvgIpc) is 2.28. The van der Waals surface area contributed by atoms with E-state index in [4.69, 9.17) is 27.9 Å². The molecule has 1 rings (SSSR count). The van der Waals surface area contributed by atoms with Gasteiger partial charge in [-0.1, -0.05) is 36.5 Å². The van der Waals surface area contributed by atoms with E-state index >= 15 is 0 Å². The predicted octanol–water partition coefficient (Wildman–Crippen LogP) is 3.26. The number of benzene rings is 1.